The molecule has 0 aliphatic heterocycles. The second-order valence-electron chi connectivity index (χ2n) is 7.00. The summed E-state index contributed by atoms with van der Waals surface area (Å²) in [4.78, 5) is 13.4. The lowest BCUT2D eigenvalue weighted by molar-refractivity contribution is 0.297. The van der Waals surface area contributed by atoms with Gasteiger partial charge in [0.2, 0.25) is 11.2 Å². The number of hydrogen-bond acceptors (Lipinski definition) is 3. The highest BCUT2D eigenvalue weighted by Gasteiger charge is 2.18. The molecular formula is C25H21ClO3. The predicted molar refractivity (Wildman–Crippen MR) is 118 cm³/mol. The Morgan fingerprint density at radius 2 is 1.76 bits per heavy atom. The summed E-state index contributed by atoms with van der Waals surface area (Å²) < 4.78 is 12.2. The Balaban J connectivity index is 1.87. The summed E-state index contributed by atoms with van der Waals surface area (Å²) in [7, 11) is 0. The van der Waals surface area contributed by atoms with Crippen molar-refractivity contribution in [3.05, 3.63) is 98.7 Å². The van der Waals surface area contributed by atoms with Gasteiger partial charge in [0.05, 0.1) is 5.39 Å². The van der Waals surface area contributed by atoms with E-state index in [1.165, 1.54) is 0 Å². The number of aryl methyl sites for hydroxylation is 2. The largest absolute Gasteiger partial charge is 0.481 e. The fraction of sp³-hybridized carbons (Fsp3) is 0.160. The van der Waals surface area contributed by atoms with Gasteiger partial charge in [-0.25, -0.2) is 0 Å². The van der Waals surface area contributed by atoms with E-state index < -0.39 is 0 Å². The van der Waals surface area contributed by atoms with Gasteiger partial charge >= 0.3 is 0 Å². The molecule has 0 radical (unpaired) electrons. The van der Waals surface area contributed by atoms with Crippen molar-refractivity contribution in [1.82, 2.24) is 0 Å². The lowest BCUT2D eigenvalue weighted by Gasteiger charge is -2.13. The Morgan fingerprint density at radius 3 is 2.48 bits per heavy atom. The van der Waals surface area contributed by atoms with Crippen molar-refractivity contribution in [1.29, 1.82) is 0 Å². The van der Waals surface area contributed by atoms with E-state index in [2.05, 4.69) is 6.92 Å². The molecule has 3 aromatic carbocycles. The zero-order valence-corrected chi connectivity index (χ0v) is 17.1. The van der Waals surface area contributed by atoms with Crippen LogP contribution < -0.4 is 10.2 Å². The first-order valence-corrected chi connectivity index (χ1v) is 9.97. The molecule has 0 N–H and O–H groups in total. The number of ether oxygens (including phenoxy) is 1. The molecule has 0 aliphatic carbocycles. The van der Waals surface area contributed by atoms with Crippen LogP contribution in [0.1, 0.15) is 23.6 Å². The van der Waals surface area contributed by atoms with E-state index in [1.807, 2.05) is 61.5 Å². The van der Waals surface area contributed by atoms with Gasteiger partial charge in [0.1, 0.15) is 12.2 Å². The second-order valence-corrected chi connectivity index (χ2v) is 7.43. The molecule has 0 saturated carbocycles. The standard InChI is InChI=1S/C25H21ClO3/c1-3-17-8-13-22-21(14-17)23(27)25(28-15-19-7-5-4-6-16(19)2)24(29-22)18-9-11-20(26)12-10-18/h4-14H,3,15H2,1-2H3. The number of rotatable bonds is 5. The molecule has 3 nitrogen and oxygen atoms in total. The van der Waals surface area contributed by atoms with Crippen molar-refractivity contribution in [2.45, 2.75) is 26.9 Å². The van der Waals surface area contributed by atoms with Crippen LogP contribution >= 0.6 is 11.6 Å². The fourth-order valence-electron chi connectivity index (χ4n) is 3.29. The van der Waals surface area contributed by atoms with Crippen LogP contribution in [0.15, 0.2) is 75.9 Å². The average molecular weight is 405 g/mol. The third kappa shape index (κ3) is 3.92. The number of benzene rings is 3. The molecule has 0 saturated heterocycles. The molecule has 0 atom stereocenters. The van der Waals surface area contributed by atoms with Crippen molar-refractivity contribution in [2.24, 2.45) is 0 Å². The normalized spacial score (nSPS) is 11.0. The van der Waals surface area contributed by atoms with Gasteiger partial charge in [-0.3, -0.25) is 4.79 Å². The second kappa shape index (κ2) is 8.14. The minimum Gasteiger partial charge on any atom is -0.481 e. The first-order valence-electron chi connectivity index (χ1n) is 9.60. The van der Waals surface area contributed by atoms with Gasteiger partial charge < -0.3 is 9.15 Å². The summed E-state index contributed by atoms with van der Waals surface area (Å²) in [5.74, 6) is 0.633. The quantitative estimate of drug-likeness (QED) is 0.378. The van der Waals surface area contributed by atoms with Crippen molar-refractivity contribution in [2.75, 3.05) is 0 Å². The third-order valence-corrected chi connectivity index (χ3v) is 5.31. The Bertz CT molecular complexity index is 1220. The highest BCUT2D eigenvalue weighted by atomic mass is 35.5. The molecular weight excluding hydrogens is 384 g/mol. The Labute approximate surface area is 174 Å². The molecule has 4 heteroatoms. The van der Waals surface area contributed by atoms with E-state index in [-0.39, 0.29) is 17.8 Å². The summed E-state index contributed by atoms with van der Waals surface area (Å²) in [6.45, 7) is 4.37. The number of hydrogen-bond donors (Lipinski definition) is 0. The van der Waals surface area contributed by atoms with Crippen molar-refractivity contribution < 1.29 is 9.15 Å². The molecule has 0 unspecified atom stereocenters. The molecule has 1 aromatic heterocycles. The van der Waals surface area contributed by atoms with Crippen LogP contribution in [-0.4, -0.2) is 0 Å². The van der Waals surface area contributed by atoms with Gasteiger partial charge in [-0.05, 0) is 66.4 Å². The molecule has 4 aromatic rings. The van der Waals surface area contributed by atoms with Crippen LogP contribution in [-0.2, 0) is 13.0 Å². The minimum atomic E-state index is -0.167. The van der Waals surface area contributed by atoms with E-state index >= 15 is 0 Å². The monoisotopic (exact) mass is 404 g/mol. The third-order valence-electron chi connectivity index (χ3n) is 5.06. The molecule has 0 fully saturated rings. The molecule has 0 bridgehead atoms. The molecule has 0 amide bonds. The molecule has 0 spiro atoms. The van der Waals surface area contributed by atoms with Crippen molar-refractivity contribution >= 4 is 22.6 Å². The van der Waals surface area contributed by atoms with Crippen molar-refractivity contribution in [3.63, 3.8) is 0 Å². The summed E-state index contributed by atoms with van der Waals surface area (Å²) in [6, 6.07) is 20.9. The van der Waals surface area contributed by atoms with Crippen LogP contribution in [0, 0.1) is 6.92 Å². The Morgan fingerprint density at radius 1 is 1.00 bits per heavy atom. The highest BCUT2D eigenvalue weighted by molar-refractivity contribution is 6.30. The SMILES string of the molecule is CCc1ccc2oc(-c3ccc(Cl)cc3)c(OCc3ccccc3C)c(=O)c2c1. The van der Waals surface area contributed by atoms with E-state index in [4.69, 9.17) is 20.8 Å². The van der Waals surface area contributed by atoms with E-state index in [1.54, 1.807) is 12.1 Å². The zero-order chi connectivity index (χ0) is 20.4. The van der Waals surface area contributed by atoms with Crippen LogP contribution in [0.4, 0.5) is 0 Å². The van der Waals surface area contributed by atoms with Gasteiger partial charge in [-0.2, -0.15) is 0 Å². The zero-order valence-electron chi connectivity index (χ0n) is 16.4. The fourth-order valence-corrected chi connectivity index (χ4v) is 3.42. The summed E-state index contributed by atoms with van der Waals surface area (Å²) in [5, 5.41) is 1.15. The minimum absolute atomic E-state index is 0.167. The number of fused-ring (bicyclic) bond motifs is 1. The van der Waals surface area contributed by atoms with Gasteiger partial charge in [-0.15, -0.1) is 0 Å². The molecule has 29 heavy (non-hydrogen) atoms. The maximum atomic E-state index is 13.4. The molecule has 4 rings (SSSR count). The summed E-state index contributed by atoms with van der Waals surface area (Å²) >= 11 is 6.03. The van der Waals surface area contributed by atoms with Crippen LogP contribution in [0.25, 0.3) is 22.3 Å². The predicted octanol–water partition coefficient (Wildman–Crippen LogP) is 6.56. The number of halogens is 1. The topological polar surface area (TPSA) is 39.4 Å². The van der Waals surface area contributed by atoms with Crippen LogP contribution in [0.2, 0.25) is 5.02 Å². The maximum Gasteiger partial charge on any atom is 0.235 e. The van der Waals surface area contributed by atoms with E-state index in [0.29, 0.717) is 21.8 Å². The lowest BCUT2D eigenvalue weighted by Crippen LogP contribution is -2.11. The maximum absolute atomic E-state index is 13.4. The molecule has 1 heterocycles. The molecule has 146 valence electrons. The van der Waals surface area contributed by atoms with Crippen LogP contribution in [0.3, 0.4) is 0 Å². The van der Waals surface area contributed by atoms with Gasteiger partial charge in [0.25, 0.3) is 0 Å². The summed E-state index contributed by atoms with van der Waals surface area (Å²) in [5.41, 5.74) is 4.33. The van der Waals surface area contributed by atoms with Crippen LogP contribution in [0.5, 0.6) is 5.75 Å². The van der Waals surface area contributed by atoms with Gasteiger partial charge in [0, 0.05) is 10.6 Å². The Kier molecular flexibility index (Phi) is 5.41. The summed E-state index contributed by atoms with van der Waals surface area (Å²) in [6.07, 6.45) is 0.841. The Hall–Kier alpha value is -3.04. The van der Waals surface area contributed by atoms with Crippen molar-refractivity contribution in [3.8, 4) is 17.1 Å². The van der Waals surface area contributed by atoms with Gasteiger partial charge in [0.15, 0.2) is 5.76 Å². The van der Waals surface area contributed by atoms with E-state index in [9.17, 15) is 4.79 Å². The van der Waals surface area contributed by atoms with Gasteiger partial charge in [-0.1, -0.05) is 48.9 Å². The lowest BCUT2D eigenvalue weighted by atomic mass is 10.1. The smallest absolute Gasteiger partial charge is 0.235 e. The average Bonchev–Trinajstić information content (AvgIpc) is 2.74. The molecule has 0 aliphatic rings. The highest BCUT2D eigenvalue weighted by Crippen LogP contribution is 2.32. The first kappa shape index (κ1) is 19.3. The first-order chi connectivity index (χ1) is 14.1. The van der Waals surface area contributed by atoms with E-state index in [0.717, 1.165) is 28.7 Å².